The molecule has 19 heavy (non-hydrogen) atoms. The Morgan fingerprint density at radius 1 is 1.21 bits per heavy atom. The van der Waals surface area contributed by atoms with E-state index in [1.165, 1.54) is 0 Å². The standard InChI is InChI=1S/C15H15BrClNO/c1-2-19-15-6-4-3-5-14(15)18-10-11-7-8-12(16)13(17)9-11/h3-9,18H,2,10H2,1H3. The molecular formula is C15H15BrClNO. The summed E-state index contributed by atoms with van der Waals surface area (Å²) in [5.74, 6) is 0.869. The van der Waals surface area contributed by atoms with Crippen LogP contribution in [0.5, 0.6) is 5.75 Å². The van der Waals surface area contributed by atoms with Crippen LogP contribution in [0, 0.1) is 0 Å². The Kier molecular flexibility index (Phi) is 5.11. The average molecular weight is 341 g/mol. The van der Waals surface area contributed by atoms with Crippen LogP contribution < -0.4 is 10.1 Å². The first kappa shape index (κ1) is 14.2. The van der Waals surface area contributed by atoms with Gasteiger partial charge in [-0.25, -0.2) is 0 Å². The Morgan fingerprint density at radius 3 is 2.74 bits per heavy atom. The zero-order valence-corrected chi connectivity index (χ0v) is 13.0. The molecule has 0 aliphatic rings. The Morgan fingerprint density at radius 2 is 2.00 bits per heavy atom. The molecule has 0 saturated carbocycles. The molecule has 0 aromatic heterocycles. The van der Waals surface area contributed by atoms with Gasteiger partial charge >= 0.3 is 0 Å². The van der Waals surface area contributed by atoms with E-state index in [1.54, 1.807) is 0 Å². The van der Waals surface area contributed by atoms with Crippen molar-refractivity contribution in [1.29, 1.82) is 0 Å². The maximum atomic E-state index is 6.08. The molecule has 0 unspecified atom stereocenters. The lowest BCUT2D eigenvalue weighted by Crippen LogP contribution is -2.02. The van der Waals surface area contributed by atoms with Crippen molar-refractivity contribution in [2.45, 2.75) is 13.5 Å². The van der Waals surface area contributed by atoms with Crippen molar-refractivity contribution in [1.82, 2.24) is 0 Å². The summed E-state index contributed by atoms with van der Waals surface area (Å²) in [6.07, 6.45) is 0. The third-order valence-corrected chi connectivity index (χ3v) is 3.89. The molecule has 1 N–H and O–H groups in total. The van der Waals surface area contributed by atoms with E-state index >= 15 is 0 Å². The Hall–Kier alpha value is -1.19. The topological polar surface area (TPSA) is 21.3 Å². The van der Waals surface area contributed by atoms with E-state index in [2.05, 4.69) is 21.2 Å². The summed E-state index contributed by atoms with van der Waals surface area (Å²) in [6, 6.07) is 13.8. The maximum Gasteiger partial charge on any atom is 0.142 e. The molecule has 0 atom stereocenters. The molecule has 100 valence electrons. The van der Waals surface area contributed by atoms with E-state index in [0.717, 1.165) is 26.5 Å². The number of para-hydroxylation sites is 2. The van der Waals surface area contributed by atoms with Crippen molar-refractivity contribution in [3.63, 3.8) is 0 Å². The molecule has 4 heteroatoms. The van der Waals surface area contributed by atoms with Crippen molar-refractivity contribution in [3.05, 3.63) is 57.5 Å². The number of anilines is 1. The van der Waals surface area contributed by atoms with Gasteiger partial charge in [-0.15, -0.1) is 0 Å². The number of ether oxygens (including phenoxy) is 1. The maximum absolute atomic E-state index is 6.08. The molecular weight excluding hydrogens is 326 g/mol. The van der Waals surface area contributed by atoms with E-state index < -0.39 is 0 Å². The number of benzene rings is 2. The Labute approximate surface area is 126 Å². The van der Waals surface area contributed by atoms with Gasteiger partial charge in [-0.2, -0.15) is 0 Å². The first-order chi connectivity index (χ1) is 9.20. The van der Waals surface area contributed by atoms with E-state index in [9.17, 15) is 0 Å². The smallest absolute Gasteiger partial charge is 0.142 e. The van der Waals surface area contributed by atoms with Gasteiger partial charge in [0, 0.05) is 11.0 Å². The number of halogens is 2. The number of hydrogen-bond acceptors (Lipinski definition) is 2. The average Bonchev–Trinajstić information content (AvgIpc) is 2.42. The SMILES string of the molecule is CCOc1ccccc1NCc1ccc(Br)c(Cl)c1. The molecule has 0 spiro atoms. The van der Waals surface area contributed by atoms with Crippen molar-refractivity contribution < 1.29 is 4.74 Å². The second-order valence-electron chi connectivity index (χ2n) is 4.03. The van der Waals surface area contributed by atoms with Crippen molar-refractivity contribution in [3.8, 4) is 5.75 Å². The number of hydrogen-bond donors (Lipinski definition) is 1. The van der Waals surface area contributed by atoms with Crippen molar-refractivity contribution in [2.75, 3.05) is 11.9 Å². The fourth-order valence-electron chi connectivity index (χ4n) is 1.74. The molecule has 0 amide bonds. The minimum Gasteiger partial charge on any atom is -0.492 e. The monoisotopic (exact) mass is 339 g/mol. The van der Waals surface area contributed by atoms with Crippen LogP contribution in [0.4, 0.5) is 5.69 Å². The zero-order chi connectivity index (χ0) is 13.7. The van der Waals surface area contributed by atoms with Crippen LogP contribution in [0.15, 0.2) is 46.9 Å². The first-order valence-corrected chi connectivity index (χ1v) is 7.27. The largest absolute Gasteiger partial charge is 0.492 e. The number of nitrogens with one attached hydrogen (secondary N) is 1. The molecule has 0 radical (unpaired) electrons. The van der Waals surface area contributed by atoms with Gasteiger partial charge < -0.3 is 10.1 Å². The van der Waals surface area contributed by atoms with Crippen LogP contribution in [-0.2, 0) is 6.54 Å². The van der Waals surface area contributed by atoms with Gasteiger partial charge in [0.25, 0.3) is 0 Å². The fourth-order valence-corrected chi connectivity index (χ4v) is 2.19. The molecule has 2 rings (SSSR count). The third kappa shape index (κ3) is 3.88. The predicted octanol–water partition coefficient (Wildman–Crippen LogP) is 5.11. The molecule has 0 aliphatic heterocycles. The first-order valence-electron chi connectivity index (χ1n) is 6.10. The molecule has 0 aliphatic carbocycles. The second-order valence-corrected chi connectivity index (χ2v) is 5.29. The lowest BCUT2D eigenvalue weighted by Gasteiger charge is -2.12. The fraction of sp³-hybridized carbons (Fsp3) is 0.200. The van der Waals surface area contributed by atoms with Crippen LogP contribution in [0.25, 0.3) is 0 Å². The predicted molar refractivity (Wildman–Crippen MR) is 84.1 cm³/mol. The zero-order valence-electron chi connectivity index (χ0n) is 10.6. The van der Waals surface area contributed by atoms with E-state index in [4.69, 9.17) is 16.3 Å². The minimum absolute atomic E-state index is 0.656. The summed E-state index contributed by atoms with van der Waals surface area (Å²) in [5.41, 5.74) is 2.11. The summed E-state index contributed by atoms with van der Waals surface area (Å²) in [7, 11) is 0. The van der Waals surface area contributed by atoms with Crippen molar-refractivity contribution in [2.24, 2.45) is 0 Å². The van der Waals surface area contributed by atoms with Crippen LogP contribution in [0.1, 0.15) is 12.5 Å². The van der Waals surface area contributed by atoms with Gasteiger partial charge in [-0.1, -0.05) is 29.8 Å². The summed E-state index contributed by atoms with van der Waals surface area (Å²) in [5, 5.41) is 4.08. The Bertz CT molecular complexity index is 560. The van der Waals surface area contributed by atoms with E-state index in [-0.39, 0.29) is 0 Å². The molecule has 2 aromatic carbocycles. The van der Waals surface area contributed by atoms with E-state index in [0.29, 0.717) is 13.2 Å². The van der Waals surface area contributed by atoms with Crippen LogP contribution in [0.3, 0.4) is 0 Å². The molecule has 2 nitrogen and oxygen atoms in total. The highest BCUT2D eigenvalue weighted by molar-refractivity contribution is 9.10. The highest BCUT2D eigenvalue weighted by Gasteiger charge is 2.03. The second kappa shape index (κ2) is 6.83. The molecule has 0 saturated heterocycles. The summed E-state index contributed by atoms with van der Waals surface area (Å²) >= 11 is 9.46. The minimum atomic E-state index is 0.656. The highest BCUT2D eigenvalue weighted by Crippen LogP contribution is 2.26. The summed E-state index contributed by atoms with van der Waals surface area (Å²) < 4.78 is 6.48. The molecule has 2 aromatic rings. The normalized spacial score (nSPS) is 10.3. The lowest BCUT2D eigenvalue weighted by molar-refractivity contribution is 0.341. The van der Waals surface area contributed by atoms with Gasteiger partial charge in [0.1, 0.15) is 5.75 Å². The quantitative estimate of drug-likeness (QED) is 0.816. The lowest BCUT2D eigenvalue weighted by atomic mass is 10.2. The highest BCUT2D eigenvalue weighted by atomic mass is 79.9. The van der Waals surface area contributed by atoms with Gasteiger partial charge in [0.15, 0.2) is 0 Å². The summed E-state index contributed by atoms with van der Waals surface area (Å²) in [4.78, 5) is 0. The molecule has 0 fully saturated rings. The van der Waals surface area contributed by atoms with Crippen LogP contribution in [0.2, 0.25) is 5.02 Å². The van der Waals surface area contributed by atoms with Crippen LogP contribution in [-0.4, -0.2) is 6.61 Å². The number of rotatable bonds is 5. The third-order valence-electron chi connectivity index (χ3n) is 2.65. The van der Waals surface area contributed by atoms with Gasteiger partial charge in [-0.05, 0) is 52.7 Å². The summed E-state index contributed by atoms with van der Waals surface area (Å²) in [6.45, 7) is 3.34. The molecule has 0 heterocycles. The van der Waals surface area contributed by atoms with Gasteiger partial charge in [-0.3, -0.25) is 0 Å². The van der Waals surface area contributed by atoms with Crippen LogP contribution >= 0.6 is 27.5 Å². The molecule has 0 bridgehead atoms. The van der Waals surface area contributed by atoms with Gasteiger partial charge in [0.2, 0.25) is 0 Å². The Balaban J connectivity index is 2.07. The van der Waals surface area contributed by atoms with Crippen molar-refractivity contribution >= 4 is 33.2 Å². The van der Waals surface area contributed by atoms with Gasteiger partial charge in [0.05, 0.1) is 17.3 Å². The van der Waals surface area contributed by atoms with E-state index in [1.807, 2.05) is 49.4 Å².